The van der Waals surface area contributed by atoms with Crippen molar-refractivity contribution in [3.63, 3.8) is 0 Å². The lowest BCUT2D eigenvalue weighted by Crippen LogP contribution is -2.60. The molecule has 6 atom stereocenters. The third-order valence-electron chi connectivity index (χ3n) is 12.5. The van der Waals surface area contributed by atoms with Crippen LogP contribution in [-0.4, -0.2) is 52.7 Å². The Kier molecular flexibility index (Phi) is 9.75. The maximum atomic E-state index is 15.5. The Morgan fingerprint density at radius 1 is 0.742 bits per heavy atom. The lowest BCUT2D eigenvalue weighted by molar-refractivity contribution is -0.125. The van der Waals surface area contributed by atoms with Gasteiger partial charge in [-0.15, -0.1) is 23.2 Å². The van der Waals surface area contributed by atoms with Crippen LogP contribution in [0.2, 0.25) is 0 Å². The van der Waals surface area contributed by atoms with Gasteiger partial charge in [0.2, 0.25) is 17.6 Å². The molecule has 1 N–H and O–H groups in total. The van der Waals surface area contributed by atoms with Crippen LogP contribution >= 0.6 is 23.2 Å². The van der Waals surface area contributed by atoms with Crippen molar-refractivity contribution < 1.29 is 55.7 Å². The molecule has 5 aromatic carbocycles. The number of hydrogen-bond donors (Lipinski definition) is 1. The standard InChI is InChI=1S/C46H31Cl2F5N2O7/c1-61-25-14-18-31(62-2)23(19-25)10-7-21-8-12-24(13-9-21)54-41(57)28-16-15-27-29(32(28)42(54)58)20-45(47)43(59)55(40-38(52)36(50)35(49)37(51)39(40)53)44(60)46(45,48)34(27)33-26-6-4-3-5-22(26)11-17-30(33)56/h3-15,17-19,28-29,32,34,56H,16,20H2,1-2H3. The highest BCUT2D eigenvalue weighted by molar-refractivity contribution is 6.58. The van der Waals surface area contributed by atoms with Gasteiger partial charge in [-0.3, -0.25) is 24.1 Å². The zero-order valence-electron chi connectivity index (χ0n) is 32.4. The first-order valence-corrected chi connectivity index (χ1v) is 19.9. The highest BCUT2D eigenvalue weighted by Crippen LogP contribution is 2.67. The quantitative estimate of drug-likeness (QED) is 0.0330. The summed E-state index contributed by atoms with van der Waals surface area (Å²) in [6, 6.07) is 21.3. The highest BCUT2D eigenvalue weighted by atomic mass is 35.5. The molecule has 62 heavy (non-hydrogen) atoms. The molecular weight excluding hydrogens is 858 g/mol. The number of halogens is 7. The molecule has 0 spiro atoms. The zero-order valence-corrected chi connectivity index (χ0v) is 33.9. The summed E-state index contributed by atoms with van der Waals surface area (Å²) in [4.78, 5) is 53.5. The molecule has 0 bridgehead atoms. The number of carbonyl (C=O) groups is 4. The van der Waals surface area contributed by atoms with Gasteiger partial charge in [-0.1, -0.05) is 66.3 Å². The molecule has 3 fully saturated rings. The number of fused-ring (bicyclic) bond motifs is 5. The summed E-state index contributed by atoms with van der Waals surface area (Å²) >= 11 is 14.6. The molecule has 5 aromatic rings. The van der Waals surface area contributed by atoms with Crippen molar-refractivity contribution in [2.24, 2.45) is 17.8 Å². The second kappa shape index (κ2) is 14.7. The average molecular weight is 890 g/mol. The number of phenolic OH excluding ortho intramolecular Hbond substituents is 1. The number of phenols is 1. The van der Waals surface area contributed by atoms with Crippen molar-refractivity contribution >= 4 is 81.1 Å². The molecule has 1 saturated carbocycles. The van der Waals surface area contributed by atoms with E-state index in [0.29, 0.717) is 27.8 Å². The van der Waals surface area contributed by atoms with Gasteiger partial charge in [0.05, 0.1) is 31.7 Å². The lowest BCUT2D eigenvalue weighted by Gasteiger charge is -2.51. The molecule has 2 aliphatic carbocycles. The summed E-state index contributed by atoms with van der Waals surface area (Å²) in [6.07, 6.45) is 4.41. The van der Waals surface area contributed by atoms with Crippen molar-refractivity contribution in [1.29, 1.82) is 0 Å². The number of hydrogen-bond acceptors (Lipinski definition) is 7. The van der Waals surface area contributed by atoms with Gasteiger partial charge in [0.25, 0.3) is 11.8 Å². The van der Waals surface area contributed by atoms with Crippen molar-refractivity contribution in [3.05, 3.63) is 136 Å². The first kappa shape index (κ1) is 41.1. The van der Waals surface area contributed by atoms with E-state index in [1.54, 1.807) is 98.1 Å². The van der Waals surface area contributed by atoms with Crippen LogP contribution in [0, 0.1) is 46.8 Å². The summed E-state index contributed by atoms with van der Waals surface area (Å²) in [7, 11) is 3.08. The van der Waals surface area contributed by atoms with Gasteiger partial charge in [0.15, 0.2) is 33.0 Å². The van der Waals surface area contributed by atoms with E-state index in [1.807, 2.05) is 0 Å². The van der Waals surface area contributed by atoms with Crippen LogP contribution < -0.4 is 19.3 Å². The Bertz CT molecular complexity index is 2840. The number of carbonyl (C=O) groups excluding carboxylic acids is 4. The molecule has 4 amide bonds. The molecule has 0 aromatic heterocycles. The zero-order chi connectivity index (χ0) is 44.2. The summed E-state index contributed by atoms with van der Waals surface area (Å²) in [5, 5.41) is 12.4. The van der Waals surface area contributed by atoms with Crippen molar-refractivity contribution in [2.75, 3.05) is 24.0 Å². The summed E-state index contributed by atoms with van der Waals surface area (Å²) < 4.78 is 85.3. The number of anilines is 2. The van der Waals surface area contributed by atoms with Crippen LogP contribution in [0.4, 0.5) is 33.3 Å². The number of allylic oxidation sites excluding steroid dienone is 2. The van der Waals surface area contributed by atoms with E-state index >= 15 is 8.78 Å². The normalized spacial score (nSPS) is 25.7. The minimum Gasteiger partial charge on any atom is -0.508 e. The number of methoxy groups -OCH3 is 2. The van der Waals surface area contributed by atoms with Crippen molar-refractivity contribution in [2.45, 2.75) is 28.5 Å². The fourth-order valence-electron chi connectivity index (χ4n) is 9.62. The molecule has 16 heteroatoms. The van der Waals surface area contributed by atoms with Crippen LogP contribution in [0.15, 0.2) is 90.5 Å². The topological polar surface area (TPSA) is 113 Å². The predicted molar refractivity (Wildman–Crippen MR) is 219 cm³/mol. The van der Waals surface area contributed by atoms with Gasteiger partial charge >= 0.3 is 0 Å². The van der Waals surface area contributed by atoms with E-state index in [0.717, 1.165) is 10.5 Å². The molecule has 2 saturated heterocycles. The van der Waals surface area contributed by atoms with Crippen LogP contribution in [0.3, 0.4) is 0 Å². The second-order valence-electron chi connectivity index (χ2n) is 15.5. The summed E-state index contributed by atoms with van der Waals surface area (Å²) in [5.41, 5.74) is -0.0762. The predicted octanol–water partition coefficient (Wildman–Crippen LogP) is 9.20. The molecule has 316 valence electrons. The Morgan fingerprint density at radius 2 is 1.42 bits per heavy atom. The van der Waals surface area contributed by atoms with E-state index in [1.165, 1.54) is 13.2 Å². The first-order valence-electron chi connectivity index (χ1n) is 19.2. The van der Waals surface area contributed by atoms with Gasteiger partial charge in [-0.2, -0.15) is 0 Å². The Hall–Kier alpha value is -6.25. The van der Waals surface area contributed by atoms with Crippen molar-refractivity contribution in [1.82, 2.24) is 0 Å². The van der Waals surface area contributed by atoms with Crippen LogP contribution in [0.25, 0.3) is 22.9 Å². The minimum absolute atomic E-state index is 0.0539. The lowest BCUT2D eigenvalue weighted by atomic mass is 9.56. The molecule has 4 aliphatic rings. The number of imide groups is 2. The summed E-state index contributed by atoms with van der Waals surface area (Å²) in [5.74, 6) is -21.2. The number of rotatable bonds is 7. The SMILES string of the molecule is COc1ccc(OC)c(C=Cc2ccc(N3C(=O)C4CC=C5C(CC6(Cl)C(=O)N(c7c(F)c(F)c(F)c(F)c7F)C(=O)C6(Cl)C5c5c(O)ccc6ccccc56)C4C3=O)cc2)c1. The number of nitrogens with zero attached hydrogens (tertiary/aromatic N) is 2. The van der Waals surface area contributed by atoms with E-state index in [4.69, 9.17) is 32.7 Å². The van der Waals surface area contributed by atoms with Crippen molar-refractivity contribution in [3.8, 4) is 17.2 Å². The van der Waals surface area contributed by atoms with E-state index in [2.05, 4.69) is 0 Å². The van der Waals surface area contributed by atoms with Gasteiger partial charge < -0.3 is 14.6 Å². The van der Waals surface area contributed by atoms with Crippen LogP contribution in [-0.2, 0) is 19.2 Å². The fourth-order valence-corrected chi connectivity index (χ4v) is 10.5. The van der Waals surface area contributed by atoms with E-state index < -0.39 is 104 Å². The van der Waals surface area contributed by atoms with Gasteiger partial charge in [-0.25, -0.2) is 26.9 Å². The number of amides is 4. The van der Waals surface area contributed by atoms with Gasteiger partial charge in [0, 0.05) is 17.0 Å². The average Bonchev–Trinajstić information content (AvgIpc) is 3.62. The maximum absolute atomic E-state index is 15.5. The second-order valence-corrected chi connectivity index (χ2v) is 16.7. The smallest absolute Gasteiger partial charge is 0.258 e. The molecular formula is C46H31Cl2F5N2O7. The Labute approximate surface area is 359 Å². The van der Waals surface area contributed by atoms with Gasteiger partial charge in [-0.05, 0) is 71.5 Å². The maximum Gasteiger partial charge on any atom is 0.258 e. The monoisotopic (exact) mass is 888 g/mol. The number of benzene rings is 5. The summed E-state index contributed by atoms with van der Waals surface area (Å²) in [6.45, 7) is 0. The highest BCUT2D eigenvalue weighted by Gasteiger charge is 2.77. The molecule has 0 radical (unpaired) electrons. The molecule has 9 nitrogen and oxygen atoms in total. The Morgan fingerprint density at radius 3 is 2.10 bits per heavy atom. The Balaban J connectivity index is 1.14. The minimum atomic E-state index is -2.80. The van der Waals surface area contributed by atoms with Crippen LogP contribution in [0.5, 0.6) is 17.2 Å². The third-order valence-corrected chi connectivity index (χ3v) is 13.9. The number of aromatic hydroxyl groups is 1. The van der Waals surface area contributed by atoms with E-state index in [-0.39, 0.29) is 28.1 Å². The molecule has 2 heterocycles. The third kappa shape index (κ3) is 5.65. The number of ether oxygens (including phenoxy) is 2. The molecule has 9 rings (SSSR count). The first-order chi connectivity index (χ1) is 29.6. The van der Waals surface area contributed by atoms with Crippen LogP contribution in [0.1, 0.15) is 35.4 Å². The fraction of sp³-hybridized carbons (Fsp3) is 0.217. The number of alkyl halides is 2. The van der Waals surface area contributed by atoms with E-state index in [9.17, 15) is 37.5 Å². The van der Waals surface area contributed by atoms with Gasteiger partial charge in [0.1, 0.15) is 22.9 Å². The molecule has 2 aliphatic heterocycles. The molecule has 6 unspecified atom stereocenters. The largest absolute Gasteiger partial charge is 0.508 e.